The highest BCUT2D eigenvalue weighted by Crippen LogP contribution is 2.18. The molecule has 1 atom stereocenters. The Hall–Kier alpha value is -2.83. The van der Waals surface area contributed by atoms with Crippen molar-refractivity contribution >= 4 is 11.6 Å². The average Bonchev–Trinajstić information content (AvgIpc) is 3.33. The number of likely N-dealkylation sites (tertiary alicyclic amines) is 1. The number of rotatable bonds is 8. The third kappa shape index (κ3) is 5.66. The topological polar surface area (TPSA) is 56.6 Å². The molecule has 1 aliphatic rings. The highest BCUT2D eigenvalue weighted by atomic mass is 35.5. The quantitative estimate of drug-likeness (QED) is 0.523. The van der Waals surface area contributed by atoms with Crippen LogP contribution in [0.4, 0.5) is 0 Å². The first-order chi connectivity index (χ1) is 15.1. The number of halogens is 1. The largest absolute Gasteiger partial charge is 0.492 e. The number of aromatic nitrogens is 2. The lowest BCUT2D eigenvalue weighted by molar-refractivity contribution is 0.172. The van der Waals surface area contributed by atoms with Crippen LogP contribution in [0, 0.1) is 0 Å². The van der Waals surface area contributed by atoms with Gasteiger partial charge in [-0.2, -0.15) is 0 Å². The van der Waals surface area contributed by atoms with Crippen molar-refractivity contribution in [1.29, 1.82) is 0 Å². The van der Waals surface area contributed by atoms with Crippen molar-refractivity contribution in [3.63, 3.8) is 0 Å². The fourth-order valence-electron chi connectivity index (χ4n) is 3.62. The summed E-state index contributed by atoms with van der Waals surface area (Å²) >= 11 is 5.84. The monoisotopic (exact) mass is 439 g/mol. The molecule has 0 bridgehead atoms. The van der Waals surface area contributed by atoms with Gasteiger partial charge in [-0.25, -0.2) is 0 Å². The van der Waals surface area contributed by atoms with Crippen LogP contribution in [-0.4, -0.2) is 40.2 Å². The molecule has 0 amide bonds. The van der Waals surface area contributed by atoms with Gasteiger partial charge in [0.15, 0.2) is 0 Å². The van der Waals surface area contributed by atoms with Crippen molar-refractivity contribution in [3.8, 4) is 17.2 Å². The molecule has 2 aromatic heterocycles. The summed E-state index contributed by atoms with van der Waals surface area (Å²) in [5.74, 6) is 1.30. The van der Waals surface area contributed by atoms with Gasteiger partial charge in [0, 0.05) is 30.2 Å². The molecule has 0 unspecified atom stereocenters. The van der Waals surface area contributed by atoms with Crippen LogP contribution in [0.3, 0.4) is 0 Å². The van der Waals surface area contributed by atoms with Crippen molar-refractivity contribution in [2.24, 2.45) is 0 Å². The number of ether oxygens (including phenoxy) is 2. The lowest BCUT2D eigenvalue weighted by Crippen LogP contribution is -2.34. The molecule has 0 spiro atoms. The summed E-state index contributed by atoms with van der Waals surface area (Å²) in [6, 6.07) is 14.7. The molecule has 0 saturated carbocycles. The zero-order valence-electron chi connectivity index (χ0n) is 17.5. The summed E-state index contributed by atoms with van der Waals surface area (Å²) in [6.07, 6.45) is 5.82. The summed E-state index contributed by atoms with van der Waals surface area (Å²) in [5.41, 5.74) is 1.34. The highest BCUT2D eigenvalue weighted by molar-refractivity contribution is 6.30. The summed E-state index contributed by atoms with van der Waals surface area (Å²) in [6.45, 7) is 5.44. The minimum Gasteiger partial charge on any atom is -0.492 e. The smallest absolute Gasteiger partial charge is 0.258 e. The lowest BCUT2D eigenvalue weighted by Gasteiger charge is -2.23. The summed E-state index contributed by atoms with van der Waals surface area (Å²) in [4.78, 5) is 19.2. The first-order valence-corrected chi connectivity index (χ1v) is 10.9. The molecule has 1 fully saturated rings. The molecule has 0 radical (unpaired) electrons. The predicted octanol–water partition coefficient (Wildman–Crippen LogP) is 4.33. The molecule has 0 N–H and O–H groups in total. The van der Waals surface area contributed by atoms with Gasteiger partial charge in [0.05, 0.1) is 10.7 Å². The number of pyridine rings is 2. The van der Waals surface area contributed by atoms with E-state index in [-0.39, 0.29) is 12.2 Å². The Morgan fingerprint density at radius 2 is 1.81 bits per heavy atom. The van der Waals surface area contributed by atoms with Gasteiger partial charge in [-0.1, -0.05) is 11.6 Å². The van der Waals surface area contributed by atoms with Crippen LogP contribution in [-0.2, 0) is 6.61 Å². The van der Waals surface area contributed by atoms with Gasteiger partial charge in [-0.15, -0.1) is 0 Å². The summed E-state index contributed by atoms with van der Waals surface area (Å²) in [7, 11) is 0. The average molecular weight is 440 g/mol. The van der Waals surface area contributed by atoms with Crippen LogP contribution < -0.4 is 15.0 Å². The van der Waals surface area contributed by atoms with Crippen LogP contribution in [0.2, 0.25) is 5.02 Å². The molecule has 0 aliphatic carbocycles. The van der Waals surface area contributed by atoms with E-state index in [1.54, 1.807) is 35.2 Å². The molecule has 7 heteroatoms. The molecular weight excluding hydrogens is 414 g/mol. The summed E-state index contributed by atoms with van der Waals surface area (Å²) in [5, 5.41) is 0.573. The van der Waals surface area contributed by atoms with E-state index in [0.29, 0.717) is 23.4 Å². The second kappa shape index (κ2) is 9.98. The first kappa shape index (κ1) is 21.4. The predicted molar refractivity (Wildman–Crippen MR) is 121 cm³/mol. The summed E-state index contributed by atoms with van der Waals surface area (Å²) < 4.78 is 13.2. The molecule has 1 aliphatic heterocycles. The van der Waals surface area contributed by atoms with Gasteiger partial charge in [-0.3, -0.25) is 19.2 Å². The van der Waals surface area contributed by atoms with Gasteiger partial charge in [0.1, 0.15) is 24.7 Å². The van der Waals surface area contributed by atoms with Gasteiger partial charge < -0.3 is 9.47 Å². The fourth-order valence-corrected chi connectivity index (χ4v) is 3.73. The van der Waals surface area contributed by atoms with Gasteiger partial charge >= 0.3 is 0 Å². The van der Waals surface area contributed by atoms with E-state index >= 15 is 0 Å². The second-order valence-electron chi connectivity index (χ2n) is 7.72. The molecule has 1 saturated heterocycles. The Bertz CT molecular complexity index is 1040. The second-order valence-corrected chi connectivity index (χ2v) is 8.16. The maximum Gasteiger partial charge on any atom is 0.258 e. The van der Waals surface area contributed by atoms with Crippen molar-refractivity contribution in [2.45, 2.75) is 32.4 Å². The fraction of sp³-hybridized carbons (Fsp3) is 0.333. The molecule has 3 heterocycles. The Morgan fingerprint density at radius 3 is 2.48 bits per heavy atom. The van der Waals surface area contributed by atoms with E-state index in [1.807, 2.05) is 24.3 Å². The van der Waals surface area contributed by atoms with E-state index < -0.39 is 0 Å². The molecule has 162 valence electrons. The van der Waals surface area contributed by atoms with E-state index in [4.69, 9.17) is 21.1 Å². The SMILES string of the molecule is C[C@@H](COc1ccc(-n2ccc(OCc3ccc(Cl)cn3)cc2=O)cc1)N1CCCC1. The van der Waals surface area contributed by atoms with Crippen LogP contribution in [0.1, 0.15) is 25.5 Å². The minimum absolute atomic E-state index is 0.169. The van der Waals surface area contributed by atoms with Gasteiger partial charge in [-0.05, 0) is 75.3 Å². The third-order valence-electron chi connectivity index (χ3n) is 5.44. The van der Waals surface area contributed by atoms with Crippen LogP contribution >= 0.6 is 11.6 Å². The number of hydrogen-bond donors (Lipinski definition) is 0. The lowest BCUT2D eigenvalue weighted by atomic mass is 10.2. The maximum atomic E-state index is 12.6. The third-order valence-corrected chi connectivity index (χ3v) is 5.66. The zero-order valence-corrected chi connectivity index (χ0v) is 18.3. The zero-order chi connectivity index (χ0) is 21.6. The Kier molecular flexibility index (Phi) is 6.89. The molecule has 1 aromatic carbocycles. The number of nitrogens with zero attached hydrogens (tertiary/aromatic N) is 3. The molecule has 6 nitrogen and oxygen atoms in total. The van der Waals surface area contributed by atoms with Gasteiger partial charge in [0.2, 0.25) is 0 Å². The van der Waals surface area contributed by atoms with E-state index in [2.05, 4.69) is 16.8 Å². The Labute approximate surface area is 187 Å². The number of benzene rings is 1. The van der Waals surface area contributed by atoms with E-state index in [9.17, 15) is 4.79 Å². The van der Waals surface area contributed by atoms with E-state index in [1.165, 1.54) is 18.9 Å². The maximum absolute atomic E-state index is 12.6. The normalized spacial score (nSPS) is 15.0. The highest BCUT2D eigenvalue weighted by Gasteiger charge is 2.18. The Morgan fingerprint density at radius 1 is 1.03 bits per heavy atom. The van der Waals surface area contributed by atoms with Crippen LogP contribution in [0.5, 0.6) is 11.5 Å². The van der Waals surface area contributed by atoms with Crippen molar-refractivity contribution in [1.82, 2.24) is 14.5 Å². The van der Waals surface area contributed by atoms with Crippen LogP contribution in [0.15, 0.2) is 65.7 Å². The van der Waals surface area contributed by atoms with Crippen molar-refractivity contribution in [3.05, 3.63) is 82.0 Å². The van der Waals surface area contributed by atoms with Crippen LogP contribution in [0.25, 0.3) is 5.69 Å². The standard InChI is InChI=1S/C24H26ClN3O3/c1-18(27-11-2-3-12-27)16-30-22-8-6-21(7-9-22)28-13-10-23(14-24(28)29)31-17-20-5-4-19(25)15-26-20/h4-10,13-15,18H,2-3,11-12,16-17H2,1H3/t18-/m0/s1. The Balaban J connectivity index is 1.35. The van der Waals surface area contributed by atoms with Crippen molar-refractivity contribution < 1.29 is 9.47 Å². The molecule has 4 rings (SSSR count). The van der Waals surface area contributed by atoms with Crippen molar-refractivity contribution in [2.75, 3.05) is 19.7 Å². The molecule has 31 heavy (non-hydrogen) atoms. The number of hydrogen-bond acceptors (Lipinski definition) is 5. The van der Waals surface area contributed by atoms with Gasteiger partial charge in [0.25, 0.3) is 5.56 Å². The minimum atomic E-state index is -0.169. The molecular formula is C24H26ClN3O3. The molecule has 3 aromatic rings. The van der Waals surface area contributed by atoms with E-state index in [0.717, 1.165) is 30.2 Å². The first-order valence-electron chi connectivity index (χ1n) is 10.5.